The Morgan fingerprint density at radius 1 is 1.05 bits per heavy atom. The number of benzene rings is 2. The summed E-state index contributed by atoms with van der Waals surface area (Å²) in [5.74, 6) is -1.27. The molecular formula is C17H16F2O2. The third-order valence-corrected chi connectivity index (χ3v) is 3.78. The molecule has 0 saturated carbocycles. The predicted molar refractivity (Wildman–Crippen MR) is 75.1 cm³/mol. The maximum atomic E-state index is 13.2. The van der Waals surface area contributed by atoms with Gasteiger partial charge in [-0.3, -0.25) is 0 Å². The molecule has 1 aliphatic rings. The second-order valence-electron chi connectivity index (χ2n) is 5.30. The van der Waals surface area contributed by atoms with E-state index in [2.05, 4.69) is 0 Å². The van der Waals surface area contributed by atoms with E-state index in [0.717, 1.165) is 42.2 Å². The minimum atomic E-state index is -0.796. The number of fused-ring (bicyclic) bond motifs is 1. The molecule has 110 valence electrons. The Hall–Kier alpha value is -1.94. The fourth-order valence-corrected chi connectivity index (χ4v) is 2.80. The minimum absolute atomic E-state index is 0.107. The highest BCUT2D eigenvalue weighted by molar-refractivity contribution is 5.32. The molecule has 4 heteroatoms. The van der Waals surface area contributed by atoms with Crippen molar-refractivity contribution in [1.82, 2.24) is 0 Å². The lowest BCUT2D eigenvalue weighted by atomic mass is 10.0. The summed E-state index contributed by atoms with van der Waals surface area (Å²) in [5, 5.41) is 10.5. The molecule has 0 amide bonds. The van der Waals surface area contributed by atoms with Gasteiger partial charge in [-0.05, 0) is 30.4 Å². The van der Waals surface area contributed by atoms with E-state index < -0.39 is 23.8 Å². The molecular weight excluding hydrogens is 274 g/mol. The van der Waals surface area contributed by atoms with Crippen LogP contribution in [0.3, 0.4) is 0 Å². The minimum Gasteiger partial charge on any atom is -0.487 e. The van der Waals surface area contributed by atoms with E-state index in [1.165, 1.54) is 0 Å². The maximum Gasteiger partial charge on any atom is 0.129 e. The molecule has 1 N–H and O–H groups in total. The topological polar surface area (TPSA) is 29.5 Å². The van der Waals surface area contributed by atoms with E-state index in [0.29, 0.717) is 6.42 Å². The number of aryl methyl sites for hydroxylation is 1. The van der Waals surface area contributed by atoms with Crippen molar-refractivity contribution in [3.05, 3.63) is 65.2 Å². The van der Waals surface area contributed by atoms with Crippen LogP contribution < -0.4 is 4.74 Å². The molecule has 0 aliphatic heterocycles. The van der Waals surface area contributed by atoms with Gasteiger partial charge in [0.25, 0.3) is 0 Å². The van der Waals surface area contributed by atoms with Crippen LogP contribution >= 0.6 is 0 Å². The van der Waals surface area contributed by atoms with Gasteiger partial charge in [-0.15, -0.1) is 0 Å². The first-order chi connectivity index (χ1) is 10.1. The van der Waals surface area contributed by atoms with Gasteiger partial charge < -0.3 is 9.84 Å². The molecule has 2 nitrogen and oxygen atoms in total. The van der Waals surface area contributed by atoms with Crippen LogP contribution in [0.1, 0.15) is 30.1 Å². The maximum absolute atomic E-state index is 13.2. The molecule has 2 aromatic rings. The van der Waals surface area contributed by atoms with E-state index in [1.807, 2.05) is 24.3 Å². The zero-order valence-electron chi connectivity index (χ0n) is 11.4. The van der Waals surface area contributed by atoms with Crippen LogP contribution in [0.25, 0.3) is 0 Å². The van der Waals surface area contributed by atoms with Gasteiger partial charge in [-0.2, -0.15) is 0 Å². The zero-order valence-corrected chi connectivity index (χ0v) is 11.4. The molecule has 21 heavy (non-hydrogen) atoms. The average Bonchev–Trinajstić information content (AvgIpc) is 2.59. The molecule has 0 bridgehead atoms. The summed E-state index contributed by atoms with van der Waals surface area (Å²) in [7, 11) is 0. The molecule has 0 radical (unpaired) electrons. The summed E-state index contributed by atoms with van der Waals surface area (Å²) in [5.41, 5.74) is 1.93. The summed E-state index contributed by atoms with van der Waals surface area (Å²) in [6.07, 6.45) is 1.06. The van der Waals surface area contributed by atoms with Crippen LogP contribution in [0.5, 0.6) is 5.75 Å². The highest BCUT2D eigenvalue weighted by atomic mass is 19.1. The van der Waals surface area contributed by atoms with Gasteiger partial charge in [0.15, 0.2) is 0 Å². The van der Waals surface area contributed by atoms with Crippen molar-refractivity contribution < 1.29 is 18.6 Å². The van der Waals surface area contributed by atoms with Crippen molar-refractivity contribution >= 4 is 0 Å². The fraction of sp³-hybridized carbons (Fsp3) is 0.294. The first-order valence-electron chi connectivity index (χ1n) is 7.02. The second-order valence-corrected chi connectivity index (χ2v) is 5.30. The lowest BCUT2D eigenvalue weighted by molar-refractivity contribution is 0.0317. The molecule has 2 aromatic carbocycles. The fourth-order valence-electron chi connectivity index (χ4n) is 2.80. The SMILES string of the molecule is OC1c2ccccc2CCCC1Oc1cc(F)cc(F)c1. The van der Waals surface area contributed by atoms with Crippen molar-refractivity contribution in [1.29, 1.82) is 0 Å². The first-order valence-corrected chi connectivity index (χ1v) is 7.02. The van der Waals surface area contributed by atoms with Crippen molar-refractivity contribution in [3.8, 4) is 5.75 Å². The Morgan fingerprint density at radius 3 is 2.52 bits per heavy atom. The molecule has 2 atom stereocenters. The van der Waals surface area contributed by atoms with Crippen LogP contribution in [0.4, 0.5) is 8.78 Å². The number of rotatable bonds is 2. The molecule has 2 unspecified atom stereocenters. The van der Waals surface area contributed by atoms with Gasteiger partial charge in [0.1, 0.15) is 29.6 Å². The van der Waals surface area contributed by atoms with Crippen LogP contribution in [0.15, 0.2) is 42.5 Å². The van der Waals surface area contributed by atoms with Crippen LogP contribution in [0.2, 0.25) is 0 Å². The smallest absolute Gasteiger partial charge is 0.129 e. The normalized spacial score (nSPS) is 21.5. The lowest BCUT2D eigenvalue weighted by Crippen LogP contribution is -2.24. The molecule has 0 spiro atoms. The molecule has 1 aliphatic carbocycles. The van der Waals surface area contributed by atoms with E-state index in [9.17, 15) is 13.9 Å². The summed E-state index contributed by atoms with van der Waals surface area (Å²) in [4.78, 5) is 0. The standard InChI is InChI=1S/C17H16F2O2/c18-12-8-13(19)10-14(9-12)21-16-7-3-5-11-4-1-2-6-15(11)17(16)20/h1-2,4,6,8-10,16-17,20H,3,5,7H2. The van der Waals surface area contributed by atoms with Crippen molar-refractivity contribution in [3.63, 3.8) is 0 Å². The molecule has 0 aromatic heterocycles. The quantitative estimate of drug-likeness (QED) is 0.853. The second kappa shape index (κ2) is 5.82. The highest BCUT2D eigenvalue weighted by Gasteiger charge is 2.27. The number of ether oxygens (including phenoxy) is 1. The van der Waals surface area contributed by atoms with Crippen molar-refractivity contribution in [2.75, 3.05) is 0 Å². The summed E-state index contributed by atoms with van der Waals surface area (Å²) >= 11 is 0. The van der Waals surface area contributed by atoms with E-state index in [4.69, 9.17) is 4.74 Å². The molecule has 0 saturated heterocycles. The van der Waals surface area contributed by atoms with Crippen LogP contribution in [-0.4, -0.2) is 11.2 Å². The van der Waals surface area contributed by atoms with Gasteiger partial charge in [-0.25, -0.2) is 8.78 Å². The van der Waals surface area contributed by atoms with Gasteiger partial charge in [0.2, 0.25) is 0 Å². The number of halogens is 2. The van der Waals surface area contributed by atoms with E-state index in [-0.39, 0.29) is 5.75 Å². The number of hydrogen-bond acceptors (Lipinski definition) is 2. The van der Waals surface area contributed by atoms with E-state index >= 15 is 0 Å². The van der Waals surface area contributed by atoms with Crippen LogP contribution in [0, 0.1) is 11.6 Å². The number of aliphatic hydroxyl groups is 1. The Morgan fingerprint density at radius 2 is 1.76 bits per heavy atom. The Labute approximate surface area is 122 Å². The Bertz CT molecular complexity index is 622. The number of aliphatic hydroxyl groups excluding tert-OH is 1. The summed E-state index contributed by atoms with van der Waals surface area (Å²) in [6.45, 7) is 0. The van der Waals surface area contributed by atoms with Crippen molar-refractivity contribution in [2.24, 2.45) is 0 Å². The predicted octanol–water partition coefficient (Wildman–Crippen LogP) is 3.78. The monoisotopic (exact) mass is 290 g/mol. The zero-order chi connectivity index (χ0) is 14.8. The largest absolute Gasteiger partial charge is 0.487 e. The van der Waals surface area contributed by atoms with Gasteiger partial charge in [0, 0.05) is 18.2 Å². The third kappa shape index (κ3) is 3.05. The lowest BCUT2D eigenvalue weighted by Gasteiger charge is -2.23. The molecule has 3 rings (SSSR count). The molecule has 0 fully saturated rings. The third-order valence-electron chi connectivity index (χ3n) is 3.78. The van der Waals surface area contributed by atoms with E-state index in [1.54, 1.807) is 0 Å². The Kier molecular flexibility index (Phi) is 3.88. The highest BCUT2D eigenvalue weighted by Crippen LogP contribution is 2.31. The summed E-state index contributed by atoms with van der Waals surface area (Å²) in [6, 6.07) is 10.7. The van der Waals surface area contributed by atoms with Gasteiger partial charge in [0.05, 0.1) is 0 Å². The van der Waals surface area contributed by atoms with Crippen LogP contribution in [-0.2, 0) is 6.42 Å². The number of hydrogen-bond donors (Lipinski definition) is 1. The average molecular weight is 290 g/mol. The van der Waals surface area contributed by atoms with Gasteiger partial charge >= 0.3 is 0 Å². The van der Waals surface area contributed by atoms with Crippen molar-refractivity contribution in [2.45, 2.75) is 31.5 Å². The molecule has 0 heterocycles. The van der Waals surface area contributed by atoms with Gasteiger partial charge in [-0.1, -0.05) is 24.3 Å². The first kappa shape index (κ1) is 14.0. The summed E-state index contributed by atoms with van der Waals surface area (Å²) < 4.78 is 32.1. The Balaban J connectivity index is 1.85.